The zero-order valence-corrected chi connectivity index (χ0v) is 14.0. The lowest BCUT2D eigenvalue weighted by Crippen LogP contribution is -2.15. The van der Waals surface area contributed by atoms with Gasteiger partial charge in [-0.1, -0.05) is 12.1 Å². The van der Waals surface area contributed by atoms with Gasteiger partial charge in [0.1, 0.15) is 5.82 Å². The molecule has 0 spiro atoms. The summed E-state index contributed by atoms with van der Waals surface area (Å²) in [4.78, 5) is 4.49. The fraction of sp³-hybridized carbons (Fsp3) is 0.312. The van der Waals surface area contributed by atoms with Crippen molar-refractivity contribution in [3.8, 4) is 0 Å². The number of anilines is 2. The van der Waals surface area contributed by atoms with E-state index in [1.807, 2.05) is 26.8 Å². The molecule has 1 aromatic carbocycles. The van der Waals surface area contributed by atoms with E-state index in [9.17, 15) is 8.42 Å². The minimum absolute atomic E-state index is 0.269. The third kappa shape index (κ3) is 3.98. The highest BCUT2D eigenvalue weighted by atomic mass is 32.2. The number of aryl methyl sites for hydroxylation is 2. The quantitative estimate of drug-likeness (QED) is 0.887. The molecular weight excluding hydrogens is 298 g/mol. The summed E-state index contributed by atoms with van der Waals surface area (Å²) in [5, 5.41) is 3.15. The first kappa shape index (κ1) is 16.3. The van der Waals surface area contributed by atoms with E-state index >= 15 is 0 Å². The summed E-state index contributed by atoms with van der Waals surface area (Å²) in [6.07, 6.45) is 1.51. The van der Waals surface area contributed by atoms with Crippen LogP contribution in [0.4, 0.5) is 11.5 Å². The third-order valence-electron chi connectivity index (χ3n) is 3.09. The fourth-order valence-electron chi connectivity index (χ4n) is 2.04. The molecule has 2 N–H and O–H groups in total. The highest BCUT2D eigenvalue weighted by Gasteiger charge is 2.17. The summed E-state index contributed by atoms with van der Waals surface area (Å²) in [6.45, 7) is 7.67. The SMILES string of the molecule is Cc1ccc(C)c(S(=O)(=O)Nc2ccc(NC(C)C)nc2)c1. The molecule has 1 aromatic heterocycles. The standard InChI is InChI=1S/C16H21N3O2S/c1-11(2)18-16-8-7-14(10-17-16)19-22(20,21)15-9-12(3)5-6-13(15)4/h5-11,19H,1-4H3,(H,17,18). The van der Waals surface area contributed by atoms with Crippen molar-refractivity contribution in [3.05, 3.63) is 47.7 Å². The van der Waals surface area contributed by atoms with Crippen molar-refractivity contribution in [2.24, 2.45) is 0 Å². The monoisotopic (exact) mass is 319 g/mol. The van der Waals surface area contributed by atoms with Crippen molar-refractivity contribution in [2.75, 3.05) is 10.0 Å². The van der Waals surface area contributed by atoms with Gasteiger partial charge in [-0.15, -0.1) is 0 Å². The Bertz CT molecular complexity index is 753. The Morgan fingerprint density at radius 1 is 1.09 bits per heavy atom. The first-order chi connectivity index (χ1) is 10.3. The zero-order valence-electron chi connectivity index (χ0n) is 13.2. The van der Waals surface area contributed by atoms with Gasteiger partial charge in [0.15, 0.2) is 0 Å². The van der Waals surface area contributed by atoms with Crippen LogP contribution in [-0.2, 0) is 10.0 Å². The summed E-state index contributed by atoms with van der Waals surface area (Å²) in [7, 11) is -3.61. The van der Waals surface area contributed by atoms with Crippen molar-refractivity contribution in [2.45, 2.75) is 38.6 Å². The van der Waals surface area contributed by atoms with Gasteiger partial charge in [0, 0.05) is 6.04 Å². The van der Waals surface area contributed by atoms with Gasteiger partial charge >= 0.3 is 0 Å². The number of pyridine rings is 1. The van der Waals surface area contributed by atoms with Crippen LogP contribution >= 0.6 is 0 Å². The van der Waals surface area contributed by atoms with E-state index in [1.54, 1.807) is 31.2 Å². The minimum Gasteiger partial charge on any atom is -0.368 e. The predicted molar refractivity (Wildman–Crippen MR) is 89.7 cm³/mol. The summed E-state index contributed by atoms with van der Waals surface area (Å²) >= 11 is 0. The van der Waals surface area contributed by atoms with Crippen LogP contribution in [0.1, 0.15) is 25.0 Å². The Balaban J connectivity index is 2.23. The molecule has 0 saturated carbocycles. The van der Waals surface area contributed by atoms with Crippen LogP contribution < -0.4 is 10.0 Å². The van der Waals surface area contributed by atoms with E-state index in [0.29, 0.717) is 17.1 Å². The average Bonchev–Trinajstić information content (AvgIpc) is 2.43. The maximum absolute atomic E-state index is 12.5. The molecule has 1 heterocycles. The molecule has 0 saturated heterocycles. The summed E-state index contributed by atoms with van der Waals surface area (Å²) in [5.74, 6) is 0.713. The van der Waals surface area contributed by atoms with Gasteiger partial charge in [-0.3, -0.25) is 4.72 Å². The molecule has 6 heteroatoms. The number of hydrogen-bond acceptors (Lipinski definition) is 4. The second kappa shape index (κ2) is 6.36. The first-order valence-corrected chi connectivity index (χ1v) is 8.59. The molecule has 2 aromatic rings. The highest BCUT2D eigenvalue weighted by molar-refractivity contribution is 7.92. The van der Waals surface area contributed by atoms with Crippen LogP contribution in [-0.4, -0.2) is 19.4 Å². The van der Waals surface area contributed by atoms with Gasteiger partial charge in [0.2, 0.25) is 0 Å². The maximum Gasteiger partial charge on any atom is 0.262 e. The molecule has 0 fully saturated rings. The van der Waals surface area contributed by atoms with Gasteiger partial charge in [-0.05, 0) is 57.0 Å². The zero-order chi connectivity index (χ0) is 16.3. The Morgan fingerprint density at radius 3 is 2.41 bits per heavy atom. The average molecular weight is 319 g/mol. The number of nitrogens with zero attached hydrogens (tertiary/aromatic N) is 1. The molecule has 2 rings (SSSR count). The van der Waals surface area contributed by atoms with Crippen LogP contribution in [0.15, 0.2) is 41.4 Å². The number of sulfonamides is 1. The van der Waals surface area contributed by atoms with Crippen molar-refractivity contribution < 1.29 is 8.42 Å². The molecule has 0 aliphatic heterocycles. The van der Waals surface area contributed by atoms with Crippen LogP contribution in [0.3, 0.4) is 0 Å². The number of rotatable bonds is 5. The van der Waals surface area contributed by atoms with Crippen LogP contribution in [0.25, 0.3) is 0 Å². The van der Waals surface area contributed by atoms with E-state index in [0.717, 1.165) is 5.56 Å². The van der Waals surface area contributed by atoms with E-state index < -0.39 is 10.0 Å². The van der Waals surface area contributed by atoms with Crippen LogP contribution in [0.2, 0.25) is 0 Å². The second-order valence-electron chi connectivity index (χ2n) is 5.61. The predicted octanol–water partition coefficient (Wildman–Crippen LogP) is 3.32. The normalized spacial score (nSPS) is 11.5. The molecule has 5 nitrogen and oxygen atoms in total. The van der Waals surface area contributed by atoms with E-state index in [-0.39, 0.29) is 10.9 Å². The lowest BCUT2D eigenvalue weighted by atomic mass is 10.2. The molecule has 0 atom stereocenters. The second-order valence-corrected chi connectivity index (χ2v) is 7.26. The molecule has 0 unspecified atom stereocenters. The van der Waals surface area contributed by atoms with Crippen LogP contribution in [0.5, 0.6) is 0 Å². The van der Waals surface area contributed by atoms with Gasteiger partial charge in [0.25, 0.3) is 10.0 Å². The Labute approximate surface area is 131 Å². The van der Waals surface area contributed by atoms with Crippen molar-refractivity contribution in [3.63, 3.8) is 0 Å². The first-order valence-electron chi connectivity index (χ1n) is 7.10. The van der Waals surface area contributed by atoms with Gasteiger partial charge in [-0.25, -0.2) is 13.4 Å². The topological polar surface area (TPSA) is 71.1 Å². The molecule has 0 radical (unpaired) electrons. The number of nitrogens with one attached hydrogen (secondary N) is 2. The van der Waals surface area contributed by atoms with Crippen molar-refractivity contribution in [1.29, 1.82) is 0 Å². The van der Waals surface area contributed by atoms with Crippen LogP contribution in [0, 0.1) is 13.8 Å². The summed E-state index contributed by atoms with van der Waals surface area (Å²) in [5.41, 5.74) is 2.06. The van der Waals surface area contributed by atoms with Crippen molar-refractivity contribution in [1.82, 2.24) is 4.98 Å². The number of benzene rings is 1. The molecule has 0 aliphatic rings. The van der Waals surface area contributed by atoms with E-state index in [4.69, 9.17) is 0 Å². The lowest BCUT2D eigenvalue weighted by Gasteiger charge is -2.12. The Morgan fingerprint density at radius 2 is 1.82 bits per heavy atom. The largest absolute Gasteiger partial charge is 0.368 e. The minimum atomic E-state index is -3.61. The highest BCUT2D eigenvalue weighted by Crippen LogP contribution is 2.20. The molecule has 0 aliphatic carbocycles. The van der Waals surface area contributed by atoms with E-state index in [2.05, 4.69) is 15.0 Å². The molecule has 22 heavy (non-hydrogen) atoms. The van der Waals surface area contributed by atoms with Gasteiger partial charge in [-0.2, -0.15) is 0 Å². The van der Waals surface area contributed by atoms with Crippen molar-refractivity contribution >= 4 is 21.5 Å². The summed E-state index contributed by atoms with van der Waals surface area (Å²) < 4.78 is 27.5. The molecule has 118 valence electrons. The Kier molecular flexibility index (Phi) is 4.71. The maximum atomic E-state index is 12.5. The van der Waals surface area contributed by atoms with Gasteiger partial charge < -0.3 is 5.32 Å². The smallest absolute Gasteiger partial charge is 0.262 e. The Hall–Kier alpha value is -2.08. The number of hydrogen-bond donors (Lipinski definition) is 2. The van der Waals surface area contributed by atoms with Gasteiger partial charge in [0.05, 0.1) is 16.8 Å². The number of aromatic nitrogens is 1. The van der Waals surface area contributed by atoms with E-state index in [1.165, 1.54) is 6.20 Å². The molecule has 0 bridgehead atoms. The fourth-order valence-corrected chi connectivity index (χ4v) is 3.42. The molecular formula is C16H21N3O2S. The third-order valence-corrected chi connectivity index (χ3v) is 4.61. The molecule has 0 amide bonds. The lowest BCUT2D eigenvalue weighted by molar-refractivity contribution is 0.600. The summed E-state index contributed by atoms with van der Waals surface area (Å²) in [6, 6.07) is 9.08.